The molecule has 0 aliphatic carbocycles. The molecule has 2 aromatic carbocycles. The third-order valence-corrected chi connectivity index (χ3v) is 7.58. The molecule has 1 aromatic heterocycles. The highest BCUT2D eigenvalue weighted by Crippen LogP contribution is 2.33. The van der Waals surface area contributed by atoms with Gasteiger partial charge in [-0.2, -0.15) is 0 Å². The van der Waals surface area contributed by atoms with Gasteiger partial charge in [-0.1, -0.05) is 12.1 Å². The van der Waals surface area contributed by atoms with Crippen LogP contribution < -0.4 is 4.74 Å². The van der Waals surface area contributed by atoms with E-state index in [1.807, 2.05) is 9.47 Å². The van der Waals surface area contributed by atoms with Crippen molar-refractivity contribution in [2.24, 2.45) is 5.92 Å². The zero-order chi connectivity index (χ0) is 27.7. The van der Waals surface area contributed by atoms with Crippen molar-refractivity contribution in [3.63, 3.8) is 0 Å². The summed E-state index contributed by atoms with van der Waals surface area (Å²) in [5.74, 6) is -1.42. The van der Waals surface area contributed by atoms with Gasteiger partial charge in [0.25, 0.3) is 0 Å². The number of carbonyl (C=O) groups excluding carboxylic acids is 1. The lowest BCUT2D eigenvalue weighted by Gasteiger charge is -2.34. The fourth-order valence-corrected chi connectivity index (χ4v) is 5.72. The largest absolute Gasteiger partial charge is 0.573 e. The summed E-state index contributed by atoms with van der Waals surface area (Å²) in [5, 5.41) is 9.76. The van der Waals surface area contributed by atoms with Crippen LogP contribution in [0, 0.1) is 11.7 Å². The smallest absolute Gasteiger partial charge is 0.481 e. The van der Waals surface area contributed by atoms with Crippen LogP contribution in [0.4, 0.5) is 17.6 Å². The molecule has 1 N–H and O–H groups in total. The minimum Gasteiger partial charge on any atom is -0.481 e. The number of ether oxygens (including phenoxy) is 1. The highest BCUT2D eigenvalue weighted by atomic mass is 19.4. The number of fused-ring (bicyclic) bond motifs is 3. The molecule has 2 aliphatic rings. The Morgan fingerprint density at radius 3 is 2.54 bits per heavy atom. The normalized spacial score (nSPS) is 16.9. The van der Waals surface area contributed by atoms with Crippen molar-refractivity contribution in [1.82, 2.24) is 14.4 Å². The molecule has 1 amide bonds. The number of aromatic nitrogens is 1. The van der Waals surface area contributed by atoms with Crippen molar-refractivity contribution >= 4 is 22.8 Å². The first kappa shape index (κ1) is 27.0. The molecule has 0 spiro atoms. The number of aliphatic carboxylic acids is 1. The molecule has 11 heteroatoms. The average molecular weight is 548 g/mol. The maximum atomic E-state index is 14.2. The van der Waals surface area contributed by atoms with Crippen LogP contribution in [0.2, 0.25) is 0 Å². The van der Waals surface area contributed by atoms with Crippen LogP contribution in [-0.4, -0.2) is 63.9 Å². The van der Waals surface area contributed by atoms with Gasteiger partial charge in [0.2, 0.25) is 5.91 Å². The summed E-state index contributed by atoms with van der Waals surface area (Å²) in [6.07, 6.45) is -2.65. The Labute approximate surface area is 222 Å². The monoisotopic (exact) mass is 547 g/mol. The number of hydrogen-bond donors (Lipinski definition) is 1. The van der Waals surface area contributed by atoms with Gasteiger partial charge in [-0.25, -0.2) is 4.39 Å². The molecule has 0 saturated carbocycles. The molecule has 1 fully saturated rings. The number of alkyl halides is 3. The second-order valence-corrected chi connectivity index (χ2v) is 10.3. The number of carbonyl (C=O) groups is 2. The molecule has 3 heterocycles. The summed E-state index contributed by atoms with van der Waals surface area (Å²) in [6.45, 7) is 2.58. The highest BCUT2D eigenvalue weighted by Gasteiger charge is 2.32. The van der Waals surface area contributed by atoms with Crippen molar-refractivity contribution < 1.29 is 37.0 Å². The van der Waals surface area contributed by atoms with Crippen molar-refractivity contribution in [2.75, 3.05) is 26.2 Å². The summed E-state index contributed by atoms with van der Waals surface area (Å²) in [4.78, 5) is 28.0. The van der Waals surface area contributed by atoms with E-state index in [4.69, 9.17) is 5.11 Å². The lowest BCUT2D eigenvalue weighted by Crippen LogP contribution is -2.45. The Kier molecular flexibility index (Phi) is 7.53. The second-order valence-electron chi connectivity index (χ2n) is 10.3. The number of piperidine rings is 1. The van der Waals surface area contributed by atoms with E-state index in [-0.39, 0.29) is 42.9 Å². The van der Waals surface area contributed by atoms with Crippen LogP contribution >= 0.6 is 0 Å². The summed E-state index contributed by atoms with van der Waals surface area (Å²) in [7, 11) is 0. The summed E-state index contributed by atoms with van der Waals surface area (Å²) < 4.78 is 58.4. The van der Waals surface area contributed by atoms with E-state index in [0.717, 1.165) is 35.0 Å². The van der Waals surface area contributed by atoms with Crippen molar-refractivity contribution in [3.05, 3.63) is 65.1 Å². The fourth-order valence-electron chi connectivity index (χ4n) is 5.72. The Balaban J connectivity index is 1.35. The van der Waals surface area contributed by atoms with E-state index >= 15 is 0 Å². The van der Waals surface area contributed by atoms with E-state index in [9.17, 15) is 27.2 Å². The van der Waals surface area contributed by atoms with Gasteiger partial charge in [-0.05, 0) is 79.7 Å². The van der Waals surface area contributed by atoms with Crippen molar-refractivity contribution in [2.45, 2.75) is 45.1 Å². The molecule has 7 nitrogen and oxygen atoms in total. The van der Waals surface area contributed by atoms with Crippen LogP contribution in [0.5, 0.6) is 5.75 Å². The van der Waals surface area contributed by atoms with Crippen molar-refractivity contribution in [3.8, 4) is 5.75 Å². The zero-order valence-electron chi connectivity index (χ0n) is 21.2. The minimum atomic E-state index is -4.80. The van der Waals surface area contributed by atoms with Crippen LogP contribution in [-0.2, 0) is 29.1 Å². The van der Waals surface area contributed by atoms with Crippen LogP contribution in [0.25, 0.3) is 10.9 Å². The third kappa shape index (κ3) is 6.35. The second kappa shape index (κ2) is 10.9. The number of nitrogens with zero attached hydrogens (tertiary/aromatic N) is 3. The standard InChI is InChI=1S/C28H29F4N3O4/c29-20-4-5-24-23(14-20)22-8-11-34(26(36)17-33-9-6-18(7-10-33)13-27(37)38)16-25(22)35(24)15-19-2-1-3-21(12-19)39-28(30,31)32/h1-5,12,14,18H,6-11,13,15-17H2,(H,37,38). The van der Waals surface area contributed by atoms with E-state index in [1.165, 1.54) is 30.3 Å². The van der Waals surface area contributed by atoms with Crippen molar-refractivity contribution in [1.29, 1.82) is 0 Å². The Hall–Kier alpha value is -3.60. The molecule has 5 rings (SSSR count). The van der Waals surface area contributed by atoms with E-state index < -0.39 is 12.3 Å². The first-order valence-corrected chi connectivity index (χ1v) is 12.9. The zero-order valence-corrected chi connectivity index (χ0v) is 21.2. The predicted molar refractivity (Wildman–Crippen MR) is 135 cm³/mol. The van der Waals surface area contributed by atoms with E-state index in [1.54, 1.807) is 17.0 Å². The van der Waals surface area contributed by atoms with Gasteiger partial charge >= 0.3 is 12.3 Å². The molecule has 3 aromatic rings. The fraction of sp³-hybridized carbons (Fsp3) is 0.429. The number of halogens is 4. The number of hydrogen-bond acceptors (Lipinski definition) is 4. The molecule has 0 atom stereocenters. The van der Waals surface area contributed by atoms with Crippen LogP contribution in [0.1, 0.15) is 36.1 Å². The Morgan fingerprint density at radius 2 is 1.82 bits per heavy atom. The number of likely N-dealkylation sites (tertiary alicyclic amines) is 1. The highest BCUT2D eigenvalue weighted by molar-refractivity contribution is 5.87. The van der Waals surface area contributed by atoms with Gasteiger partial charge in [0.15, 0.2) is 0 Å². The van der Waals surface area contributed by atoms with Gasteiger partial charge in [0.05, 0.1) is 13.1 Å². The van der Waals surface area contributed by atoms with Crippen LogP contribution in [0.15, 0.2) is 42.5 Å². The Morgan fingerprint density at radius 1 is 1.05 bits per heavy atom. The number of carboxylic acids is 1. The summed E-state index contributed by atoms with van der Waals surface area (Å²) in [5.41, 5.74) is 3.09. The van der Waals surface area contributed by atoms with Gasteiger partial charge in [-0.3, -0.25) is 14.5 Å². The maximum Gasteiger partial charge on any atom is 0.573 e. The molecule has 0 radical (unpaired) electrons. The quantitative estimate of drug-likeness (QED) is 0.431. The first-order chi connectivity index (χ1) is 18.6. The van der Waals surface area contributed by atoms with Gasteiger partial charge in [-0.15, -0.1) is 13.2 Å². The number of carboxylic acid groups (broad SMARTS) is 1. The maximum absolute atomic E-state index is 14.2. The summed E-state index contributed by atoms with van der Waals surface area (Å²) >= 11 is 0. The molecular formula is C28H29F4N3O4. The molecule has 0 bridgehead atoms. The minimum absolute atomic E-state index is 0.0408. The molecule has 39 heavy (non-hydrogen) atoms. The first-order valence-electron chi connectivity index (χ1n) is 12.9. The molecule has 208 valence electrons. The predicted octanol–water partition coefficient (Wildman–Crippen LogP) is 4.80. The molecule has 2 aliphatic heterocycles. The number of amides is 1. The average Bonchev–Trinajstić information content (AvgIpc) is 3.16. The SMILES string of the molecule is O=C(O)CC1CCN(CC(=O)N2CCc3c(n(Cc4cccc(OC(F)(F)F)c4)c4ccc(F)cc34)C2)CC1. The number of benzene rings is 2. The molecular weight excluding hydrogens is 518 g/mol. The lowest BCUT2D eigenvalue weighted by molar-refractivity contribution is -0.274. The Bertz CT molecular complexity index is 1380. The van der Waals surface area contributed by atoms with Gasteiger partial charge in [0.1, 0.15) is 11.6 Å². The molecule has 0 unspecified atom stereocenters. The van der Waals surface area contributed by atoms with Gasteiger partial charge in [0, 0.05) is 36.1 Å². The third-order valence-electron chi connectivity index (χ3n) is 7.58. The lowest BCUT2D eigenvalue weighted by atomic mass is 9.93. The topological polar surface area (TPSA) is 75.0 Å². The van der Waals surface area contributed by atoms with E-state index in [0.29, 0.717) is 38.2 Å². The van der Waals surface area contributed by atoms with E-state index in [2.05, 4.69) is 4.74 Å². The molecule has 1 saturated heterocycles. The summed E-state index contributed by atoms with van der Waals surface area (Å²) in [6, 6.07) is 10.2. The number of rotatable bonds is 7. The van der Waals surface area contributed by atoms with Crippen LogP contribution in [0.3, 0.4) is 0 Å². The van der Waals surface area contributed by atoms with Gasteiger partial charge < -0.3 is 19.3 Å².